The Morgan fingerprint density at radius 1 is 1.16 bits per heavy atom. The maximum Gasteiger partial charge on any atom is 0.337 e. The van der Waals surface area contributed by atoms with Crippen LogP contribution in [0.4, 0.5) is 4.39 Å². The van der Waals surface area contributed by atoms with Crippen molar-refractivity contribution in [2.75, 3.05) is 7.11 Å². The first-order valence-electron chi connectivity index (χ1n) is 8.49. The Morgan fingerprint density at radius 3 is 2.52 bits per heavy atom. The number of halogens is 1. The molecular formula is C21H22FNO2. The summed E-state index contributed by atoms with van der Waals surface area (Å²) in [4.78, 5) is 11.6. The molecule has 0 unspecified atom stereocenters. The third-order valence-electron chi connectivity index (χ3n) is 4.62. The molecule has 2 aromatic carbocycles. The average molecular weight is 339 g/mol. The predicted octanol–water partition coefficient (Wildman–Crippen LogP) is 4.88. The molecule has 3 rings (SSSR count). The molecule has 0 atom stereocenters. The van der Waals surface area contributed by atoms with E-state index in [0.29, 0.717) is 12.0 Å². The second-order valence-electron chi connectivity index (χ2n) is 6.24. The lowest BCUT2D eigenvalue weighted by molar-refractivity contribution is 0.0600. The molecular weight excluding hydrogens is 317 g/mol. The van der Waals surface area contributed by atoms with E-state index in [0.717, 1.165) is 35.0 Å². The van der Waals surface area contributed by atoms with Gasteiger partial charge in [0.25, 0.3) is 0 Å². The lowest BCUT2D eigenvalue weighted by Crippen LogP contribution is -2.02. The van der Waals surface area contributed by atoms with Crippen LogP contribution in [-0.4, -0.2) is 17.6 Å². The summed E-state index contributed by atoms with van der Waals surface area (Å²) in [5.74, 6) is -0.562. The molecule has 0 aliphatic carbocycles. The van der Waals surface area contributed by atoms with Crippen molar-refractivity contribution in [2.24, 2.45) is 0 Å². The van der Waals surface area contributed by atoms with Crippen LogP contribution in [0.3, 0.4) is 0 Å². The molecule has 0 amide bonds. The zero-order chi connectivity index (χ0) is 18.0. The minimum absolute atomic E-state index is 0.219. The quantitative estimate of drug-likeness (QED) is 0.621. The fourth-order valence-corrected chi connectivity index (χ4v) is 3.34. The normalized spacial score (nSPS) is 11.0. The molecule has 0 spiro atoms. The molecule has 0 fully saturated rings. The number of aromatic nitrogens is 1. The minimum Gasteiger partial charge on any atom is -0.465 e. The molecule has 0 aliphatic rings. The predicted molar refractivity (Wildman–Crippen MR) is 97.5 cm³/mol. The van der Waals surface area contributed by atoms with Crippen LogP contribution >= 0.6 is 0 Å². The Balaban J connectivity index is 2.02. The number of hydrogen-bond acceptors (Lipinski definition) is 2. The van der Waals surface area contributed by atoms with Crippen LogP contribution in [-0.2, 0) is 17.7 Å². The minimum atomic E-state index is -0.343. The van der Waals surface area contributed by atoms with Crippen molar-refractivity contribution in [3.8, 4) is 0 Å². The largest absolute Gasteiger partial charge is 0.465 e. The second kappa shape index (κ2) is 7.09. The van der Waals surface area contributed by atoms with Gasteiger partial charge in [-0.05, 0) is 61.2 Å². The standard InChI is InChI=1S/C21H22FNO2/c1-4-11-23-14(2)18(19-13-17(22)9-10-20(19)23)12-15-5-7-16(8-6-15)21(24)25-3/h5-10,13H,4,11-12H2,1-3H3. The number of carbonyl (C=O) groups is 1. The highest BCUT2D eigenvalue weighted by atomic mass is 19.1. The highest BCUT2D eigenvalue weighted by Gasteiger charge is 2.15. The molecule has 0 saturated heterocycles. The van der Waals surface area contributed by atoms with E-state index < -0.39 is 0 Å². The van der Waals surface area contributed by atoms with Crippen LogP contribution in [0, 0.1) is 12.7 Å². The number of benzene rings is 2. The molecule has 0 aliphatic heterocycles. The van der Waals surface area contributed by atoms with Crippen LogP contribution in [0.15, 0.2) is 42.5 Å². The van der Waals surface area contributed by atoms with Crippen LogP contribution in [0.2, 0.25) is 0 Å². The number of ether oxygens (including phenoxy) is 1. The van der Waals surface area contributed by atoms with Gasteiger partial charge in [-0.25, -0.2) is 9.18 Å². The Hall–Kier alpha value is -2.62. The molecule has 3 aromatic rings. The third kappa shape index (κ3) is 3.29. The van der Waals surface area contributed by atoms with Gasteiger partial charge in [0.15, 0.2) is 0 Å². The van der Waals surface area contributed by atoms with Crippen molar-refractivity contribution in [3.63, 3.8) is 0 Å². The Bertz CT molecular complexity index is 910. The van der Waals surface area contributed by atoms with Crippen molar-refractivity contribution in [1.29, 1.82) is 0 Å². The number of nitrogens with zero attached hydrogens (tertiary/aromatic N) is 1. The first-order chi connectivity index (χ1) is 12.0. The third-order valence-corrected chi connectivity index (χ3v) is 4.62. The van der Waals surface area contributed by atoms with Crippen LogP contribution in [0.5, 0.6) is 0 Å². The van der Waals surface area contributed by atoms with Gasteiger partial charge < -0.3 is 9.30 Å². The Morgan fingerprint density at radius 2 is 1.88 bits per heavy atom. The van der Waals surface area contributed by atoms with Gasteiger partial charge in [0, 0.05) is 23.1 Å². The van der Waals surface area contributed by atoms with E-state index in [1.165, 1.54) is 18.9 Å². The maximum atomic E-state index is 13.8. The van der Waals surface area contributed by atoms with Crippen molar-refractivity contribution in [1.82, 2.24) is 4.57 Å². The van der Waals surface area contributed by atoms with Crippen LogP contribution < -0.4 is 0 Å². The summed E-state index contributed by atoms with van der Waals surface area (Å²) in [7, 11) is 1.37. The van der Waals surface area contributed by atoms with Crippen molar-refractivity contribution < 1.29 is 13.9 Å². The van der Waals surface area contributed by atoms with E-state index in [9.17, 15) is 9.18 Å². The fourth-order valence-electron chi connectivity index (χ4n) is 3.34. The lowest BCUT2D eigenvalue weighted by Gasteiger charge is -2.07. The van der Waals surface area contributed by atoms with Crippen molar-refractivity contribution in [3.05, 3.63) is 70.7 Å². The Kier molecular flexibility index (Phi) is 4.88. The smallest absolute Gasteiger partial charge is 0.337 e. The molecule has 25 heavy (non-hydrogen) atoms. The van der Waals surface area contributed by atoms with E-state index >= 15 is 0 Å². The molecule has 0 N–H and O–H groups in total. The van der Waals surface area contributed by atoms with Gasteiger partial charge >= 0.3 is 5.97 Å². The summed E-state index contributed by atoms with van der Waals surface area (Å²) in [6.07, 6.45) is 1.72. The molecule has 130 valence electrons. The van der Waals surface area contributed by atoms with Gasteiger partial charge in [-0.1, -0.05) is 19.1 Å². The molecule has 1 aromatic heterocycles. The zero-order valence-electron chi connectivity index (χ0n) is 14.8. The summed E-state index contributed by atoms with van der Waals surface area (Å²) in [6.45, 7) is 5.14. The van der Waals surface area contributed by atoms with Gasteiger partial charge in [-0.3, -0.25) is 0 Å². The summed E-state index contributed by atoms with van der Waals surface area (Å²) in [5.41, 5.74) is 4.98. The van der Waals surface area contributed by atoms with E-state index in [1.807, 2.05) is 18.2 Å². The molecule has 0 saturated carbocycles. The highest BCUT2D eigenvalue weighted by molar-refractivity contribution is 5.89. The molecule has 0 radical (unpaired) electrons. The van der Waals surface area contributed by atoms with E-state index in [-0.39, 0.29) is 11.8 Å². The fraction of sp³-hybridized carbons (Fsp3) is 0.286. The number of rotatable bonds is 5. The Labute approximate surface area is 147 Å². The van der Waals surface area contributed by atoms with Gasteiger partial charge in [-0.15, -0.1) is 0 Å². The van der Waals surface area contributed by atoms with E-state index in [4.69, 9.17) is 4.74 Å². The van der Waals surface area contributed by atoms with Gasteiger partial charge in [0.2, 0.25) is 0 Å². The van der Waals surface area contributed by atoms with E-state index in [2.05, 4.69) is 18.4 Å². The highest BCUT2D eigenvalue weighted by Crippen LogP contribution is 2.29. The van der Waals surface area contributed by atoms with E-state index in [1.54, 1.807) is 18.2 Å². The molecule has 1 heterocycles. The molecule has 4 heteroatoms. The number of methoxy groups -OCH3 is 1. The number of esters is 1. The number of carbonyl (C=O) groups excluding carboxylic acids is 1. The first-order valence-corrected chi connectivity index (χ1v) is 8.49. The summed E-state index contributed by atoms with van der Waals surface area (Å²) >= 11 is 0. The van der Waals surface area contributed by atoms with Gasteiger partial charge in [-0.2, -0.15) is 0 Å². The van der Waals surface area contributed by atoms with Crippen molar-refractivity contribution in [2.45, 2.75) is 33.2 Å². The van der Waals surface area contributed by atoms with Gasteiger partial charge in [0.05, 0.1) is 12.7 Å². The summed E-state index contributed by atoms with van der Waals surface area (Å²) in [5, 5.41) is 0.961. The number of aryl methyl sites for hydroxylation is 1. The topological polar surface area (TPSA) is 31.2 Å². The lowest BCUT2D eigenvalue weighted by atomic mass is 10.0. The number of hydrogen-bond donors (Lipinski definition) is 0. The molecule has 3 nitrogen and oxygen atoms in total. The monoisotopic (exact) mass is 339 g/mol. The summed E-state index contributed by atoms with van der Waals surface area (Å²) in [6, 6.07) is 12.4. The van der Waals surface area contributed by atoms with Crippen LogP contribution in [0.1, 0.15) is 40.5 Å². The first kappa shape index (κ1) is 17.2. The van der Waals surface area contributed by atoms with Gasteiger partial charge in [0.1, 0.15) is 5.82 Å². The number of fused-ring (bicyclic) bond motifs is 1. The zero-order valence-corrected chi connectivity index (χ0v) is 14.8. The van der Waals surface area contributed by atoms with Crippen LogP contribution in [0.25, 0.3) is 10.9 Å². The average Bonchev–Trinajstić information content (AvgIpc) is 2.87. The summed E-state index contributed by atoms with van der Waals surface area (Å²) < 4.78 is 20.8. The molecule has 0 bridgehead atoms. The van der Waals surface area contributed by atoms with Crippen molar-refractivity contribution >= 4 is 16.9 Å². The maximum absolute atomic E-state index is 13.8. The second-order valence-corrected chi connectivity index (χ2v) is 6.24. The SMILES string of the molecule is CCCn1c(C)c(Cc2ccc(C(=O)OC)cc2)c2cc(F)ccc21.